The molecule has 18 heavy (non-hydrogen) atoms. The van der Waals surface area contributed by atoms with E-state index in [1.165, 1.54) is 22.3 Å². The predicted octanol–water partition coefficient (Wildman–Crippen LogP) is 0.956. The van der Waals surface area contributed by atoms with Gasteiger partial charge in [0.25, 0.3) is 11.8 Å². The van der Waals surface area contributed by atoms with Crippen LogP contribution in [-0.2, 0) is 9.59 Å². The molecule has 1 aromatic rings. The number of hydrogen-bond acceptors (Lipinski definition) is 5. The lowest BCUT2D eigenvalue weighted by Crippen LogP contribution is -2.53. The van der Waals surface area contributed by atoms with Crippen molar-refractivity contribution >= 4 is 46.6 Å². The summed E-state index contributed by atoms with van der Waals surface area (Å²) < 4.78 is 0. The van der Waals surface area contributed by atoms with Crippen LogP contribution >= 0.6 is 23.6 Å². The van der Waals surface area contributed by atoms with E-state index in [1.54, 1.807) is 17.7 Å². The summed E-state index contributed by atoms with van der Waals surface area (Å²) in [6, 6.07) is 0. The highest BCUT2D eigenvalue weighted by molar-refractivity contribution is 7.80. The van der Waals surface area contributed by atoms with E-state index in [1.807, 2.05) is 0 Å². The highest BCUT2D eigenvalue weighted by Crippen LogP contribution is 2.15. The first-order valence-corrected chi connectivity index (χ1v) is 6.31. The molecule has 1 aliphatic rings. The largest absolute Gasteiger partial charge is 0.298 e. The summed E-state index contributed by atoms with van der Waals surface area (Å²) in [5.41, 5.74) is 0.0281. The van der Waals surface area contributed by atoms with Gasteiger partial charge in [0.15, 0.2) is 5.11 Å². The molecule has 2 rings (SSSR count). The second kappa shape index (κ2) is 5.19. The lowest BCUT2D eigenvalue weighted by Gasteiger charge is -2.27. The average molecular weight is 279 g/mol. The number of thiocarbonyl (C=S) groups is 1. The Kier molecular flexibility index (Phi) is 3.63. The van der Waals surface area contributed by atoms with Gasteiger partial charge in [0.2, 0.25) is 0 Å². The van der Waals surface area contributed by atoms with Crippen LogP contribution in [0.15, 0.2) is 29.8 Å². The molecule has 0 bridgehead atoms. The van der Waals surface area contributed by atoms with Crippen molar-refractivity contribution in [3.05, 3.63) is 34.8 Å². The second-order valence-corrected chi connectivity index (χ2v) is 4.70. The summed E-state index contributed by atoms with van der Waals surface area (Å²) in [4.78, 5) is 29.1. The Hall–Kier alpha value is -1.86. The average Bonchev–Trinajstić information content (AvgIpc) is 2.83. The minimum Gasteiger partial charge on any atom is -0.298 e. The van der Waals surface area contributed by atoms with Crippen LogP contribution in [0.3, 0.4) is 0 Å². The van der Waals surface area contributed by atoms with E-state index in [2.05, 4.69) is 16.9 Å². The first kappa shape index (κ1) is 12.6. The van der Waals surface area contributed by atoms with Crippen LogP contribution in [0, 0.1) is 0 Å². The summed E-state index contributed by atoms with van der Waals surface area (Å²) in [6.07, 6.45) is 4.61. The van der Waals surface area contributed by atoms with Gasteiger partial charge in [-0.3, -0.25) is 19.8 Å². The minimum absolute atomic E-state index is 0.0281. The Morgan fingerprint density at radius 2 is 2.33 bits per heavy atom. The zero-order valence-corrected chi connectivity index (χ0v) is 10.9. The molecule has 0 radical (unpaired) electrons. The number of rotatable bonds is 3. The van der Waals surface area contributed by atoms with Crippen LogP contribution in [0.25, 0.3) is 6.08 Å². The van der Waals surface area contributed by atoms with Crippen molar-refractivity contribution < 1.29 is 9.59 Å². The summed E-state index contributed by atoms with van der Waals surface area (Å²) in [5, 5.41) is 4.93. The van der Waals surface area contributed by atoms with Gasteiger partial charge in [-0.25, -0.2) is 4.98 Å². The third-order valence-corrected chi connectivity index (χ3v) is 3.26. The lowest BCUT2D eigenvalue weighted by molar-refractivity contribution is -0.128. The molecule has 5 nitrogen and oxygen atoms in total. The topological polar surface area (TPSA) is 62.3 Å². The van der Waals surface area contributed by atoms with E-state index in [0.717, 1.165) is 0 Å². The molecule has 1 aromatic heterocycles. The number of carbonyl (C=O) groups excluding carboxylic acids is 2. The second-order valence-electron chi connectivity index (χ2n) is 3.39. The minimum atomic E-state index is -0.500. The Morgan fingerprint density at radius 3 is 2.94 bits per heavy atom. The third kappa shape index (κ3) is 2.36. The molecular weight excluding hydrogens is 270 g/mol. The highest BCUT2D eigenvalue weighted by atomic mass is 32.1. The van der Waals surface area contributed by atoms with E-state index in [-0.39, 0.29) is 17.2 Å². The number of amides is 2. The molecule has 2 amide bonds. The molecule has 0 saturated carbocycles. The molecule has 1 fully saturated rings. The molecule has 1 aliphatic heterocycles. The van der Waals surface area contributed by atoms with Crippen LogP contribution in [0.2, 0.25) is 0 Å². The molecule has 0 aromatic carbocycles. The van der Waals surface area contributed by atoms with Gasteiger partial charge < -0.3 is 0 Å². The number of nitrogens with one attached hydrogen (secondary N) is 1. The number of aromatic nitrogens is 1. The Bertz CT molecular complexity index is 549. The molecule has 0 unspecified atom stereocenters. The summed E-state index contributed by atoms with van der Waals surface area (Å²) in [5.74, 6) is -0.931. The lowest BCUT2D eigenvalue weighted by atomic mass is 10.1. The van der Waals surface area contributed by atoms with Gasteiger partial charge in [-0.1, -0.05) is 6.08 Å². The normalized spacial score (nSPS) is 18.1. The molecule has 1 saturated heterocycles. The van der Waals surface area contributed by atoms with Crippen molar-refractivity contribution in [2.45, 2.75) is 0 Å². The Labute approximate surface area is 113 Å². The fourth-order valence-electron chi connectivity index (χ4n) is 1.42. The number of thiazole rings is 1. The first-order chi connectivity index (χ1) is 8.63. The number of hydrogen-bond donors (Lipinski definition) is 1. The van der Waals surface area contributed by atoms with Crippen molar-refractivity contribution in [1.29, 1.82) is 0 Å². The third-order valence-electron chi connectivity index (χ3n) is 2.22. The van der Waals surface area contributed by atoms with E-state index in [9.17, 15) is 9.59 Å². The maximum Gasteiger partial charge on any atom is 0.266 e. The molecule has 0 atom stereocenters. The van der Waals surface area contributed by atoms with E-state index >= 15 is 0 Å². The van der Waals surface area contributed by atoms with Crippen LogP contribution < -0.4 is 5.32 Å². The Morgan fingerprint density at radius 1 is 1.56 bits per heavy atom. The van der Waals surface area contributed by atoms with Crippen LogP contribution in [0.1, 0.15) is 5.01 Å². The zero-order chi connectivity index (χ0) is 13.1. The van der Waals surface area contributed by atoms with Crippen molar-refractivity contribution in [2.24, 2.45) is 0 Å². The smallest absolute Gasteiger partial charge is 0.266 e. The van der Waals surface area contributed by atoms with Gasteiger partial charge >= 0.3 is 0 Å². The maximum atomic E-state index is 12.1. The molecule has 7 heteroatoms. The molecule has 0 spiro atoms. The maximum absolute atomic E-state index is 12.1. The first-order valence-electron chi connectivity index (χ1n) is 5.02. The standard InChI is InChI=1S/C11H9N3O2S2/c1-2-4-14-10(16)7(9(15)13-11(14)17)6-8-12-3-5-18-8/h2-3,5-6H,1,4H2,(H,13,15,17). The van der Waals surface area contributed by atoms with E-state index < -0.39 is 11.8 Å². The monoisotopic (exact) mass is 279 g/mol. The molecule has 92 valence electrons. The summed E-state index contributed by atoms with van der Waals surface area (Å²) in [7, 11) is 0. The molecule has 0 aliphatic carbocycles. The Balaban J connectivity index is 2.35. The molecule has 2 heterocycles. The van der Waals surface area contributed by atoms with Gasteiger partial charge in [-0.05, 0) is 18.3 Å². The quantitative estimate of drug-likeness (QED) is 0.387. The van der Waals surface area contributed by atoms with E-state index in [4.69, 9.17) is 12.2 Å². The van der Waals surface area contributed by atoms with Crippen molar-refractivity contribution in [3.63, 3.8) is 0 Å². The van der Waals surface area contributed by atoms with Crippen LogP contribution in [0.4, 0.5) is 0 Å². The molecule has 1 N–H and O–H groups in total. The zero-order valence-electron chi connectivity index (χ0n) is 9.25. The summed E-state index contributed by atoms with van der Waals surface area (Å²) >= 11 is 6.28. The van der Waals surface area contributed by atoms with Crippen LogP contribution in [-0.4, -0.2) is 33.4 Å². The predicted molar refractivity (Wildman–Crippen MR) is 72.7 cm³/mol. The summed E-state index contributed by atoms with van der Waals surface area (Å²) in [6.45, 7) is 3.80. The van der Waals surface area contributed by atoms with E-state index in [0.29, 0.717) is 5.01 Å². The SMILES string of the molecule is C=CCN1C(=O)C(=Cc2nccs2)C(=O)NC1=S. The highest BCUT2D eigenvalue weighted by Gasteiger charge is 2.32. The molecular formula is C11H9N3O2S2. The van der Waals surface area contributed by atoms with Crippen LogP contribution in [0.5, 0.6) is 0 Å². The van der Waals surface area contributed by atoms with Crippen molar-refractivity contribution in [1.82, 2.24) is 15.2 Å². The number of nitrogens with zero attached hydrogens (tertiary/aromatic N) is 2. The van der Waals surface area contributed by atoms with Crippen molar-refractivity contribution in [2.75, 3.05) is 6.54 Å². The van der Waals surface area contributed by atoms with Gasteiger partial charge in [0.05, 0.1) is 0 Å². The fraction of sp³-hybridized carbons (Fsp3) is 0.0909. The number of carbonyl (C=O) groups is 2. The fourth-order valence-corrected chi connectivity index (χ4v) is 2.24. The van der Waals surface area contributed by atoms with Gasteiger partial charge in [0, 0.05) is 18.1 Å². The van der Waals surface area contributed by atoms with Crippen molar-refractivity contribution in [3.8, 4) is 0 Å². The van der Waals surface area contributed by atoms with Gasteiger partial charge in [0.1, 0.15) is 10.6 Å². The van der Waals surface area contributed by atoms with Gasteiger partial charge in [-0.15, -0.1) is 17.9 Å². The van der Waals surface area contributed by atoms with Gasteiger partial charge in [-0.2, -0.15) is 0 Å².